The van der Waals surface area contributed by atoms with Crippen LogP contribution < -0.4 is 0 Å². The van der Waals surface area contributed by atoms with Gasteiger partial charge in [-0.05, 0) is 13.3 Å². The number of urea groups is 1. The van der Waals surface area contributed by atoms with Gasteiger partial charge >= 0.3 is 6.03 Å². The van der Waals surface area contributed by atoms with Crippen molar-refractivity contribution >= 4 is 11.9 Å². The highest BCUT2D eigenvalue weighted by Crippen LogP contribution is 2.35. The Morgan fingerprint density at radius 2 is 1.73 bits per heavy atom. The van der Waals surface area contributed by atoms with Crippen LogP contribution >= 0.6 is 0 Å². The Kier molecular flexibility index (Phi) is 4.41. The molecule has 0 bridgehead atoms. The molecule has 6 heteroatoms. The fraction of sp³-hybridized carbons (Fsp3) is 0.875. The van der Waals surface area contributed by atoms with Gasteiger partial charge in [-0.3, -0.25) is 9.69 Å². The van der Waals surface area contributed by atoms with Gasteiger partial charge in [0.25, 0.3) is 5.91 Å². The molecular weight excluding hydrogens is 284 g/mol. The molecule has 0 aromatic heterocycles. The largest absolute Gasteiger partial charge is 0.371 e. The van der Waals surface area contributed by atoms with E-state index >= 15 is 0 Å². The first-order valence-corrected chi connectivity index (χ1v) is 8.43. The molecule has 0 radical (unpaired) electrons. The summed E-state index contributed by atoms with van der Waals surface area (Å²) in [6.07, 6.45) is 5.27. The lowest BCUT2D eigenvalue weighted by atomic mass is 9.92. The van der Waals surface area contributed by atoms with Crippen LogP contribution in [0.25, 0.3) is 0 Å². The first-order valence-electron chi connectivity index (χ1n) is 8.43. The maximum atomic E-state index is 12.8. The molecule has 0 aromatic rings. The Labute approximate surface area is 131 Å². The second kappa shape index (κ2) is 6.16. The first kappa shape index (κ1) is 15.7. The third kappa shape index (κ3) is 3.13. The van der Waals surface area contributed by atoms with Crippen molar-refractivity contribution in [3.05, 3.63) is 0 Å². The molecule has 22 heavy (non-hydrogen) atoms. The molecule has 3 fully saturated rings. The Bertz CT molecular complexity index is 447. The van der Waals surface area contributed by atoms with Crippen LogP contribution in [-0.2, 0) is 14.3 Å². The molecule has 0 saturated carbocycles. The summed E-state index contributed by atoms with van der Waals surface area (Å²) in [6.45, 7) is 6.34. The zero-order valence-electron chi connectivity index (χ0n) is 13.5. The molecule has 3 saturated heterocycles. The molecule has 0 spiro atoms. The Balaban J connectivity index is 1.69. The normalized spacial score (nSPS) is 33.7. The third-order valence-electron chi connectivity index (χ3n) is 4.86. The van der Waals surface area contributed by atoms with E-state index in [1.54, 1.807) is 4.90 Å². The molecule has 0 N–H and O–H groups in total. The minimum absolute atomic E-state index is 0.0365. The molecule has 3 unspecified atom stereocenters. The Hall–Kier alpha value is -1.14. The zero-order valence-corrected chi connectivity index (χ0v) is 13.5. The first-order chi connectivity index (χ1) is 10.6. The van der Waals surface area contributed by atoms with Crippen molar-refractivity contribution in [2.75, 3.05) is 26.3 Å². The van der Waals surface area contributed by atoms with Crippen LogP contribution in [0.3, 0.4) is 0 Å². The Morgan fingerprint density at radius 3 is 2.32 bits per heavy atom. The highest BCUT2D eigenvalue weighted by molar-refractivity contribution is 6.06. The summed E-state index contributed by atoms with van der Waals surface area (Å²) in [6, 6.07) is -0.172. The minimum Gasteiger partial charge on any atom is -0.371 e. The van der Waals surface area contributed by atoms with Gasteiger partial charge in [0.1, 0.15) is 5.54 Å². The van der Waals surface area contributed by atoms with Gasteiger partial charge in [-0.2, -0.15) is 0 Å². The van der Waals surface area contributed by atoms with Crippen LogP contribution in [0.15, 0.2) is 0 Å². The molecule has 0 aromatic carbocycles. The number of carbonyl (C=O) groups is 2. The molecule has 3 rings (SSSR count). The summed E-state index contributed by atoms with van der Waals surface area (Å²) in [5.41, 5.74) is -0.717. The molecule has 124 valence electrons. The summed E-state index contributed by atoms with van der Waals surface area (Å²) in [5.74, 6) is -0.0647. The van der Waals surface area contributed by atoms with E-state index in [0.29, 0.717) is 26.3 Å². The van der Waals surface area contributed by atoms with E-state index in [9.17, 15) is 9.59 Å². The van der Waals surface area contributed by atoms with E-state index in [2.05, 4.69) is 6.92 Å². The van der Waals surface area contributed by atoms with E-state index in [0.717, 1.165) is 25.7 Å². The topological polar surface area (TPSA) is 65.7 Å². The highest BCUT2D eigenvalue weighted by Gasteiger charge is 2.55. The summed E-state index contributed by atoms with van der Waals surface area (Å²) in [7, 11) is 0. The fourth-order valence-corrected chi connectivity index (χ4v) is 3.18. The molecule has 0 aliphatic carbocycles. The summed E-state index contributed by atoms with van der Waals surface area (Å²) < 4.78 is 10.5. The lowest BCUT2D eigenvalue weighted by Crippen LogP contribution is -2.48. The maximum Gasteiger partial charge on any atom is 0.327 e. The quantitative estimate of drug-likeness (QED) is 0.370. The van der Waals surface area contributed by atoms with Crippen LogP contribution in [0.4, 0.5) is 4.79 Å². The third-order valence-corrected chi connectivity index (χ3v) is 4.86. The molecule has 3 aliphatic heterocycles. The van der Waals surface area contributed by atoms with Gasteiger partial charge in [-0.15, -0.1) is 0 Å². The monoisotopic (exact) mass is 310 g/mol. The SMILES string of the molecule is CCCCCCC1(C)C(=O)N(CC2CO2)C(=O)N1CC1CO1. The zero-order chi connectivity index (χ0) is 15.7. The number of epoxide rings is 2. The van der Waals surface area contributed by atoms with Crippen LogP contribution in [0.5, 0.6) is 0 Å². The number of hydrogen-bond acceptors (Lipinski definition) is 4. The average molecular weight is 310 g/mol. The number of imide groups is 1. The summed E-state index contributed by atoms with van der Waals surface area (Å²) in [4.78, 5) is 28.6. The lowest BCUT2D eigenvalue weighted by Gasteiger charge is -2.31. The second-order valence-electron chi connectivity index (χ2n) is 6.80. The van der Waals surface area contributed by atoms with Gasteiger partial charge in [0, 0.05) is 0 Å². The maximum absolute atomic E-state index is 12.8. The fourth-order valence-electron chi connectivity index (χ4n) is 3.18. The lowest BCUT2D eigenvalue weighted by molar-refractivity contribution is -0.133. The van der Waals surface area contributed by atoms with Crippen LogP contribution in [0.2, 0.25) is 0 Å². The van der Waals surface area contributed by atoms with Gasteiger partial charge in [0.2, 0.25) is 0 Å². The second-order valence-corrected chi connectivity index (χ2v) is 6.80. The summed E-state index contributed by atoms with van der Waals surface area (Å²) in [5, 5.41) is 0. The molecule has 3 heterocycles. The number of nitrogens with zero attached hydrogens (tertiary/aromatic N) is 2. The minimum atomic E-state index is -0.717. The molecular formula is C16H26N2O4. The number of carbonyl (C=O) groups excluding carboxylic acids is 2. The van der Waals surface area contributed by atoms with Crippen LogP contribution in [0.1, 0.15) is 46.0 Å². The van der Waals surface area contributed by atoms with E-state index in [1.165, 1.54) is 11.3 Å². The van der Waals surface area contributed by atoms with Crippen molar-refractivity contribution in [3.63, 3.8) is 0 Å². The summed E-state index contributed by atoms with van der Waals surface area (Å²) >= 11 is 0. The predicted octanol–water partition coefficient (Wildman–Crippen LogP) is 1.78. The number of amides is 3. The highest BCUT2D eigenvalue weighted by atomic mass is 16.6. The number of ether oxygens (including phenoxy) is 2. The molecule has 6 nitrogen and oxygen atoms in total. The van der Waals surface area contributed by atoms with Crippen molar-refractivity contribution < 1.29 is 19.1 Å². The number of rotatable bonds is 9. The standard InChI is InChI=1S/C16H26N2O4/c1-3-4-5-6-7-16(2)14(19)17(8-12-10-21-12)15(20)18(16)9-13-11-22-13/h12-13H,3-11H2,1-2H3. The number of unbranched alkanes of at least 4 members (excludes halogenated alkanes) is 3. The van der Waals surface area contributed by atoms with E-state index in [-0.39, 0.29) is 24.1 Å². The van der Waals surface area contributed by atoms with Gasteiger partial charge in [0.05, 0.1) is 38.5 Å². The van der Waals surface area contributed by atoms with Crippen molar-refractivity contribution in [2.24, 2.45) is 0 Å². The van der Waals surface area contributed by atoms with E-state index < -0.39 is 5.54 Å². The van der Waals surface area contributed by atoms with Crippen LogP contribution in [0, 0.1) is 0 Å². The van der Waals surface area contributed by atoms with Crippen molar-refractivity contribution in [1.29, 1.82) is 0 Å². The van der Waals surface area contributed by atoms with Crippen molar-refractivity contribution in [1.82, 2.24) is 9.80 Å². The van der Waals surface area contributed by atoms with E-state index in [4.69, 9.17) is 9.47 Å². The predicted molar refractivity (Wildman–Crippen MR) is 80.5 cm³/mol. The van der Waals surface area contributed by atoms with Gasteiger partial charge in [-0.25, -0.2) is 4.79 Å². The van der Waals surface area contributed by atoms with Gasteiger partial charge < -0.3 is 14.4 Å². The number of hydrogen-bond donors (Lipinski definition) is 0. The smallest absolute Gasteiger partial charge is 0.327 e. The van der Waals surface area contributed by atoms with Crippen molar-refractivity contribution in [2.45, 2.75) is 63.7 Å². The average Bonchev–Trinajstić information content (AvgIpc) is 3.38. The van der Waals surface area contributed by atoms with Gasteiger partial charge in [-0.1, -0.05) is 32.6 Å². The Morgan fingerprint density at radius 1 is 1.09 bits per heavy atom. The molecule has 3 amide bonds. The molecule has 3 atom stereocenters. The molecule has 3 aliphatic rings. The van der Waals surface area contributed by atoms with E-state index in [1.807, 2.05) is 6.92 Å². The van der Waals surface area contributed by atoms with Crippen LogP contribution in [-0.4, -0.2) is 65.8 Å². The van der Waals surface area contributed by atoms with Gasteiger partial charge in [0.15, 0.2) is 0 Å². The van der Waals surface area contributed by atoms with Crippen molar-refractivity contribution in [3.8, 4) is 0 Å².